The third-order valence-electron chi connectivity index (χ3n) is 4.65. The van der Waals surface area contributed by atoms with Crippen LogP contribution < -0.4 is 0 Å². The average Bonchev–Trinajstić information content (AvgIpc) is 3.47. The highest BCUT2D eigenvalue weighted by Crippen LogP contribution is 2.40. The number of benzene rings is 2. The molecule has 138 valence electrons. The van der Waals surface area contributed by atoms with Gasteiger partial charge in [-0.2, -0.15) is 4.68 Å². The summed E-state index contributed by atoms with van der Waals surface area (Å²) >= 11 is 0. The van der Waals surface area contributed by atoms with E-state index >= 15 is 0 Å². The molecular formula is C20H14F2N6. The molecule has 0 amide bonds. The van der Waals surface area contributed by atoms with E-state index in [2.05, 4.69) is 25.5 Å². The first-order valence-corrected chi connectivity index (χ1v) is 8.87. The summed E-state index contributed by atoms with van der Waals surface area (Å²) in [7, 11) is 0. The van der Waals surface area contributed by atoms with Gasteiger partial charge in [-0.3, -0.25) is 0 Å². The van der Waals surface area contributed by atoms with E-state index in [0.29, 0.717) is 34.4 Å². The lowest BCUT2D eigenvalue weighted by Gasteiger charge is -2.11. The Labute approximate surface area is 158 Å². The summed E-state index contributed by atoms with van der Waals surface area (Å²) in [4.78, 5) is 9.13. The van der Waals surface area contributed by atoms with Crippen molar-refractivity contribution in [2.75, 3.05) is 0 Å². The molecule has 1 aliphatic carbocycles. The lowest BCUT2D eigenvalue weighted by molar-refractivity contribution is 0.509. The molecule has 5 rings (SSSR count). The second-order valence-electron chi connectivity index (χ2n) is 6.64. The van der Waals surface area contributed by atoms with Crippen LogP contribution in [0.1, 0.15) is 24.6 Å². The maximum atomic E-state index is 13.9. The van der Waals surface area contributed by atoms with Crippen molar-refractivity contribution in [3.8, 4) is 28.3 Å². The van der Waals surface area contributed by atoms with Gasteiger partial charge in [0.25, 0.3) is 0 Å². The number of nitrogens with zero attached hydrogens (tertiary/aromatic N) is 6. The summed E-state index contributed by atoms with van der Waals surface area (Å²) in [5.41, 5.74) is 2.23. The minimum atomic E-state index is -0.933. The summed E-state index contributed by atoms with van der Waals surface area (Å²) in [6, 6.07) is 13.1. The molecule has 1 saturated carbocycles. The molecule has 0 aliphatic heterocycles. The number of halogens is 2. The van der Waals surface area contributed by atoms with Crippen LogP contribution in [0, 0.1) is 11.6 Å². The number of aromatic nitrogens is 6. The van der Waals surface area contributed by atoms with Gasteiger partial charge in [-0.05, 0) is 53.6 Å². The van der Waals surface area contributed by atoms with Gasteiger partial charge in [0.15, 0.2) is 17.5 Å². The molecule has 0 unspecified atom stereocenters. The van der Waals surface area contributed by atoms with E-state index < -0.39 is 11.6 Å². The van der Waals surface area contributed by atoms with E-state index in [0.717, 1.165) is 30.7 Å². The van der Waals surface area contributed by atoms with Gasteiger partial charge in [-0.25, -0.2) is 18.7 Å². The van der Waals surface area contributed by atoms with Crippen molar-refractivity contribution in [3.63, 3.8) is 0 Å². The van der Waals surface area contributed by atoms with Crippen LogP contribution in [0.3, 0.4) is 0 Å². The van der Waals surface area contributed by atoms with E-state index in [-0.39, 0.29) is 0 Å². The minimum Gasteiger partial charge on any atom is -0.240 e. The molecule has 1 aliphatic rings. The van der Waals surface area contributed by atoms with Crippen LogP contribution in [0.5, 0.6) is 0 Å². The molecule has 0 bridgehead atoms. The lowest BCUT2D eigenvalue weighted by atomic mass is 10.1. The van der Waals surface area contributed by atoms with Gasteiger partial charge in [0.1, 0.15) is 5.82 Å². The summed E-state index contributed by atoms with van der Waals surface area (Å²) in [5, 5.41) is 12.0. The van der Waals surface area contributed by atoms with Gasteiger partial charge in [-0.15, -0.1) is 5.10 Å². The average molecular weight is 376 g/mol. The van der Waals surface area contributed by atoms with E-state index in [9.17, 15) is 8.78 Å². The Balaban J connectivity index is 1.70. The van der Waals surface area contributed by atoms with Crippen molar-refractivity contribution in [1.82, 2.24) is 30.2 Å². The fourth-order valence-corrected chi connectivity index (χ4v) is 3.06. The van der Waals surface area contributed by atoms with Crippen molar-refractivity contribution >= 4 is 0 Å². The van der Waals surface area contributed by atoms with Gasteiger partial charge in [0.05, 0.1) is 16.9 Å². The predicted octanol–water partition coefficient (Wildman–Crippen LogP) is 3.94. The SMILES string of the molecule is Fc1ccc(-c2nc(C3CC3)ncc2-c2nnnn2-c2ccccc2)cc1F. The fourth-order valence-electron chi connectivity index (χ4n) is 3.06. The van der Waals surface area contributed by atoms with Crippen LogP contribution in [-0.2, 0) is 0 Å². The first kappa shape index (κ1) is 16.6. The lowest BCUT2D eigenvalue weighted by Crippen LogP contribution is -2.04. The topological polar surface area (TPSA) is 69.4 Å². The molecule has 4 aromatic rings. The molecule has 6 nitrogen and oxygen atoms in total. The minimum absolute atomic E-state index is 0.309. The monoisotopic (exact) mass is 376 g/mol. The summed E-state index contributed by atoms with van der Waals surface area (Å²) in [5.74, 6) is -0.410. The van der Waals surface area contributed by atoms with Crippen molar-refractivity contribution in [3.05, 3.63) is 72.2 Å². The Morgan fingerprint density at radius 2 is 1.79 bits per heavy atom. The van der Waals surface area contributed by atoms with E-state index in [1.165, 1.54) is 6.07 Å². The molecule has 28 heavy (non-hydrogen) atoms. The van der Waals surface area contributed by atoms with Crippen LogP contribution in [0.4, 0.5) is 8.78 Å². The number of para-hydroxylation sites is 1. The van der Waals surface area contributed by atoms with Crippen LogP contribution >= 0.6 is 0 Å². The number of hydrogen-bond donors (Lipinski definition) is 0. The van der Waals surface area contributed by atoms with E-state index in [4.69, 9.17) is 0 Å². The van der Waals surface area contributed by atoms with Gasteiger partial charge in [-0.1, -0.05) is 18.2 Å². The Hall–Kier alpha value is -3.55. The van der Waals surface area contributed by atoms with Crippen LogP contribution in [0.15, 0.2) is 54.7 Å². The molecular weight excluding hydrogens is 362 g/mol. The number of rotatable bonds is 4. The maximum absolute atomic E-state index is 13.9. The molecule has 2 heterocycles. The molecule has 1 fully saturated rings. The zero-order valence-corrected chi connectivity index (χ0v) is 14.6. The van der Waals surface area contributed by atoms with Gasteiger partial charge in [0, 0.05) is 17.7 Å². The number of hydrogen-bond acceptors (Lipinski definition) is 5. The molecule has 0 N–H and O–H groups in total. The third kappa shape index (κ3) is 2.92. The molecule has 0 saturated heterocycles. The first-order valence-electron chi connectivity index (χ1n) is 8.87. The van der Waals surface area contributed by atoms with Crippen molar-refractivity contribution in [1.29, 1.82) is 0 Å². The standard InChI is InChI=1S/C20H14F2N6/c21-16-9-8-13(10-17(16)22)18-15(11-23-19(24-18)12-6-7-12)20-25-26-27-28(20)14-4-2-1-3-5-14/h1-5,8-12H,6-7H2. The fraction of sp³-hybridized carbons (Fsp3) is 0.150. The number of tetrazole rings is 1. The Morgan fingerprint density at radius 3 is 2.54 bits per heavy atom. The molecule has 2 aromatic heterocycles. The zero-order valence-electron chi connectivity index (χ0n) is 14.6. The Morgan fingerprint density at radius 1 is 0.964 bits per heavy atom. The van der Waals surface area contributed by atoms with Crippen molar-refractivity contribution in [2.45, 2.75) is 18.8 Å². The Kier molecular flexibility index (Phi) is 3.89. The van der Waals surface area contributed by atoms with Gasteiger partial charge >= 0.3 is 0 Å². The highest BCUT2D eigenvalue weighted by atomic mass is 19.2. The van der Waals surface area contributed by atoms with Gasteiger partial charge in [0.2, 0.25) is 0 Å². The first-order chi connectivity index (χ1) is 13.7. The normalized spacial score (nSPS) is 13.6. The quantitative estimate of drug-likeness (QED) is 0.540. The van der Waals surface area contributed by atoms with Crippen LogP contribution in [0.25, 0.3) is 28.3 Å². The molecule has 0 atom stereocenters. The second kappa shape index (κ2) is 6.56. The smallest absolute Gasteiger partial charge is 0.190 e. The van der Waals surface area contributed by atoms with Gasteiger partial charge < -0.3 is 0 Å². The molecule has 0 radical (unpaired) electrons. The summed E-state index contributed by atoms with van der Waals surface area (Å²) in [6.45, 7) is 0. The van der Waals surface area contributed by atoms with E-state index in [1.807, 2.05) is 30.3 Å². The van der Waals surface area contributed by atoms with Crippen LogP contribution in [0.2, 0.25) is 0 Å². The molecule has 8 heteroatoms. The predicted molar refractivity (Wildman–Crippen MR) is 97.5 cm³/mol. The summed E-state index contributed by atoms with van der Waals surface area (Å²) < 4.78 is 28.9. The zero-order chi connectivity index (χ0) is 19.1. The third-order valence-corrected chi connectivity index (χ3v) is 4.65. The maximum Gasteiger partial charge on any atom is 0.190 e. The highest BCUT2D eigenvalue weighted by Gasteiger charge is 2.28. The molecule has 0 spiro atoms. The molecule has 2 aromatic carbocycles. The van der Waals surface area contributed by atoms with Crippen molar-refractivity contribution < 1.29 is 8.78 Å². The summed E-state index contributed by atoms with van der Waals surface area (Å²) in [6.07, 6.45) is 3.71. The largest absolute Gasteiger partial charge is 0.240 e. The van der Waals surface area contributed by atoms with Crippen LogP contribution in [-0.4, -0.2) is 30.2 Å². The Bertz CT molecular complexity index is 1150. The highest BCUT2D eigenvalue weighted by molar-refractivity contribution is 5.77. The van der Waals surface area contributed by atoms with E-state index in [1.54, 1.807) is 10.9 Å². The second-order valence-corrected chi connectivity index (χ2v) is 6.64. The van der Waals surface area contributed by atoms with Crippen molar-refractivity contribution in [2.24, 2.45) is 0 Å².